The molecule has 84 valence electrons. The first-order valence-corrected chi connectivity index (χ1v) is 5.12. The molecule has 0 fully saturated rings. The topological polar surface area (TPSA) is 70.9 Å². The molecule has 0 radical (unpaired) electrons. The van der Waals surface area contributed by atoms with E-state index in [1.807, 2.05) is 25.1 Å². The summed E-state index contributed by atoms with van der Waals surface area (Å²) >= 11 is 0. The molecular weight excluding hydrogens is 206 g/mol. The number of H-pyrrole nitrogens is 1. The molecule has 5 heteroatoms. The van der Waals surface area contributed by atoms with Crippen LogP contribution in [0.4, 0.5) is 0 Å². The number of rotatable bonds is 3. The third-order valence-corrected chi connectivity index (χ3v) is 2.46. The monoisotopic (exact) mass is 219 g/mol. The van der Waals surface area contributed by atoms with Gasteiger partial charge in [0.05, 0.1) is 0 Å². The van der Waals surface area contributed by atoms with Crippen molar-refractivity contribution in [3.63, 3.8) is 0 Å². The fraction of sp³-hybridized carbons (Fsp3) is 0.273. The van der Waals surface area contributed by atoms with Crippen molar-refractivity contribution < 1.29 is 5.11 Å². The van der Waals surface area contributed by atoms with Crippen LogP contribution in [0.25, 0.3) is 0 Å². The number of hydrogen-bond acceptors (Lipinski definition) is 3. The summed E-state index contributed by atoms with van der Waals surface area (Å²) in [4.78, 5) is 11.3. The van der Waals surface area contributed by atoms with Crippen molar-refractivity contribution in [3.8, 4) is 0 Å². The Morgan fingerprint density at radius 1 is 1.44 bits per heavy atom. The van der Waals surface area contributed by atoms with Crippen LogP contribution in [-0.4, -0.2) is 19.9 Å². The van der Waals surface area contributed by atoms with Gasteiger partial charge in [0.25, 0.3) is 0 Å². The van der Waals surface area contributed by atoms with Gasteiger partial charge in [-0.2, -0.15) is 5.10 Å². The molecular formula is C11H13N3O2. The molecule has 0 bridgehead atoms. The smallest absolute Gasteiger partial charge is 0.343 e. The summed E-state index contributed by atoms with van der Waals surface area (Å²) in [6.45, 7) is 2.31. The molecule has 0 aliphatic carbocycles. The van der Waals surface area contributed by atoms with Crippen molar-refractivity contribution in [2.24, 2.45) is 0 Å². The van der Waals surface area contributed by atoms with E-state index < -0.39 is 6.10 Å². The van der Waals surface area contributed by atoms with E-state index in [0.717, 1.165) is 5.56 Å². The third-order valence-electron chi connectivity index (χ3n) is 2.46. The zero-order chi connectivity index (χ0) is 11.5. The van der Waals surface area contributed by atoms with Gasteiger partial charge in [-0.05, 0) is 12.5 Å². The van der Waals surface area contributed by atoms with Crippen molar-refractivity contribution >= 4 is 0 Å². The number of aliphatic hydroxyl groups excluding tert-OH is 1. The number of nitrogens with one attached hydrogen (secondary N) is 1. The Labute approximate surface area is 92.4 Å². The summed E-state index contributed by atoms with van der Waals surface area (Å²) in [6, 6.07) is 9.13. The first kappa shape index (κ1) is 10.6. The highest BCUT2D eigenvalue weighted by Gasteiger charge is 2.17. The first-order valence-electron chi connectivity index (χ1n) is 5.12. The second kappa shape index (κ2) is 4.32. The van der Waals surface area contributed by atoms with Crippen LogP contribution in [0, 0.1) is 0 Å². The molecule has 1 heterocycles. The van der Waals surface area contributed by atoms with E-state index in [9.17, 15) is 9.90 Å². The average molecular weight is 219 g/mol. The molecule has 16 heavy (non-hydrogen) atoms. The van der Waals surface area contributed by atoms with E-state index in [0.29, 0.717) is 12.4 Å². The van der Waals surface area contributed by atoms with Crippen LogP contribution in [0.3, 0.4) is 0 Å². The number of aromatic amines is 1. The van der Waals surface area contributed by atoms with E-state index in [4.69, 9.17) is 0 Å². The Hall–Kier alpha value is -1.88. The molecule has 5 nitrogen and oxygen atoms in total. The fourth-order valence-corrected chi connectivity index (χ4v) is 1.63. The zero-order valence-electron chi connectivity index (χ0n) is 8.92. The lowest BCUT2D eigenvalue weighted by Gasteiger charge is -2.10. The van der Waals surface area contributed by atoms with Gasteiger partial charge in [-0.15, -0.1) is 0 Å². The van der Waals surface area contributed by atoms with Crippen LogP contribution in [0.2, 0.25) is 0 Å². The van der Waals surface area contributed by atoms with Gasteiger partial charge in [-0.25, -0.2) is 9.89 Å². The Morgan fingerprint density at radius 3 is 2.75 bits per heavy atom. The summed E-state index contributed by atoms with van der Waals surface area (Å²) in [6.07, 6.45) is -0.875. The highest BCUT2D eigenvalue weighted by molar-refractivity contribution is 5.22. The summed E-state index contributed by atoms with van der Waals surface area (Å²) in [5, 5.41) is 16.2. The molecule has 0 spiro atoms. The molecule has 0 saturated carbocycles. The number of aliphatic hydroxyl groups is 1. The second-order valence-electron chi connectivity index (χ2n) is 3.44. The Morgan fingerprint density at radius 2 is 2.12 bits per heavy atom. The van der Waals surface area contributed by atoms with Gasteiger partial charge < -0.3 is 5.11 Å². The minimum absolute atomic E-state index is 0.299. The van der Waals surface area contributed by atoms with Crippen molar-refractivity contribution in [2.45, 2.75) is 19.6 Å². The second-order valence-corrected chi connectivity index (χ2v) is 3.44. The molecule has 0 amide bonds. The largest absolute Gasteiger partial charge is 0.380 e. The summed E-state index contributed by atoms with van der Waals surface area (Å²) in [5.41, 5.74) is 0.420. The Kier molecular flexibility index (Phi) is 2.87. The highest BCUT2D eigenvalue weighted by atomic mass is 16.3. The quantitative estimate of drug-likeness (QED) is 0.797. The normalized spacial score (nSPS) is 12.6. The van der Waals surface area contributed by atoms with Crippen LogP contribution in [0.1, 0.15) is 24.4 Å². The van der Waals surface area contributed by atoms with E-state index in [-0.39, 0.29) is 5.69 Å². The molecule has 2 rings (SSSR count). The predicted molar refractivity (Wildman–Crippen MR) is 59.0 cm³/mol. The lowest BCUT2D eigenvalue weighted by Crippen LogP contribution is -2.19. The maximum absolute atomic E-state index is 11.3. The molecule has 1 aromatic carbocycles. The van der Waals surface area contributed by atoms with Crippen LogP contribution >= 0.6 is 0 Å². The van der Waals surface area contributed by atoms with Gasteiger partial charge in [-0.3, -0.25) is 4.57 Å². The van der Waals surface area contributed by atoms with Gasteiger partial charge >= 0.3 is 5.69 Å². The van der Waals surface area contributed by atoms with Crippen molar-refractivity contribution in [3.05, 3.63) is 52.2 Å². The minimum Gasteiger partial charge on any atom is -0.380 e. The third kappa shape index (κ3) is 1.77. The number of benzene rings is 1. The molecule has 2 N–H and O–H groups in total. The number of nitrogens with zero attached hydrogens (tertiary/aromatic N) is 2. The lowest BCUT2D eigenvalue weighted by molar-refractivity contribution is 0.204. The van der Waals surface area contributed by atoms with E-state index in [1.165, 1.54) is 4.57 Å². The van der Waals surface area contributed by atoms with Gasteiger partial charge in [0.15, 0.2) is 5.82 Å². The molecule has 0 aliphatic rings. The van der Waals surface area contributed by atoms with E-state index >= 15 is 0 Å². The SMILES string of the molecule is CCn1c([C@H](O)c2ccccc2)n[nH]c1=O. The van der Waals surface area contributed by atoms with Crippen molar-refractivity contribution in [1.82, 2.24) is 14.8 Å². The van der Waals surface area contributed by atoms with Gasteiger partial charge in [0, 0.05) is 6.54 Å². The Bertz CT molecular complexity index is 516. The van der Waals surface area contributed by atoms with Gasteiger partial charge in [-0.1, -0.05) is 30.3 Å². The van der Waals surface area contributed by atoms with Gasteiger partial charge in [0.1, 0.15) is 6.10 Å². The predicted octanol–water partition coefficient (Wildman–Crippen LogP) is 0.673. The molecule has 1 aromatic heterocycles. The van der Waals surface area contributed by atoms with Crippen LogP contribution in [0.15, 0.2) is 35.1 Å². The Balaban J connectivity index is 2.42. The standard InChI is InChI=1S/C11H13N3O2/c1-2-14-10(12-13-11(14)16)9(15)8-6-4-3-5-7-8/h3-7,9,15H,2H2,1H3,(H,13,16)/t9-/m1/s1. The lowest BCUT2D eigenvalue weighted by atomic mass is 10.1. The van der Waals surface area contributed by atoms with Crippen molar-refractivity contribution in [2.75, 3.05) is 0 Å². The van der Waals surface area contributed by atoms with Crippen LogP contribution in [0.5, 0.6) is 0 Å². The van der Waals surface area contributed by atoms with E-state index in [1.54, 1.807) is 12.1 Å². The summed E-state index contributed by atoms with van der Waals surface area (Å²) in [5.74, 6) is 0.346. The highest BCUT2D eigenvalue weighted by Crippen LogP contribution is 2.18. The van der Waals surface area contributed by atoms with Gasteiger partial charge in [0.2, 0.25) is 0 Å². The number of hydrogen-bond donors (Lipinski definition) is 2. The van der Waals surface area contributed by atoms with Crippen LogP contribution in [-0.2, 0) is 6.54 Å². The first-order chi connectivity index (χ1) is 7.74. The summed E-state index contributed by atoms with van der Waals surface area (Å²) < 4.78 is 1.41. The number of aromatic nitrogens is 3. The molecule has 0 aliphatic heterocycles. The van der Waals surface area contributed by atoms with Crippen molar-refractivity contribution in [1.29, 1.82) is 0 Å². The molecule has 0 saturated heterocycles. The molecule has 0 unspecified atom stereocenters. The zero-order valence-corrected chi connectivity index (χ0v) is 8.92. The molecule has 2 aromatic rings. The summed E-state index contributed by atoms with van der Waals surface area (Å²) in [7, 11) is 0. The fourth-order valence-electron chi connectivity index (χ4n) is 1.63. The average Bonchev–Trinajstić information content (AvgIpc) is 2.70. The van der Waals surface area contributed by atoms with Crippen LogP contribution < -0.4 is 5.69 Å². The minimum atomic E-state index is -0.875. The van der Waals surface area contributed by atoms with E-state index in [2.05, 4.69) is 10.2 Å². The maximum atomic E-state index is 11.3. The maximum Gasteiger partial charge on any atom is 0.343 e. The molecule has 1 atom stereocenters.